The Morgan fingerprint density at radius 3 is 2.59 bits per heavy atom. The van der Waals surface area contributed by atoms with Crippen molar-refractivity contribution in [3.05, 3.63) is 0 Å². The van der Waals surface area contributed by atoms with E-state index in [4.69, 9.17) is 5.11 Å². The van der Waals surface area contributed by atoms with Crippen molar-refractivity contribution in [2.45, 2.75) is 31.2 Å². The Kier molecular flexibility index (Phi) is 4.01. The zero-order chi connectivity index (χ0) is 12.3. The van der Waals surface area contributed by atoms with Crippen molar-refractivity contribution in [1.82, 2.24) is 10.6 Å². The lowest BCUT2D eigenvalue weighted by Crippen LogP contribution is -2.69. The molecule has 2 fully saturated rings. The van der Waals surface area contributed by atoms with Gasteiger partial charge in [0.15, 0.2) is 0 Å². The summed E-state index contributed by atoms with van der Waals surface area (Å²) in [7, 11) is 0. The number of carboxylic acids is 1. The Labute approximate surface area is 102 Å². The van der Waals surface area contributed by atoms with Gasteiger partial charge < -0.3 is 20.8 Å². The Hall–Kier alpha value is -0.650. The van der Waals surface area contributed by atoms with Crippen molar-refractivity contribution >= 4 is 5.97 Å². The summed E-state index contributed by atoms with van der Waals surface area (Å²) in [5.74, 6) is 0.160. The van der Waals surface area contributed by atoms with Crippen molar-refractivity contribution < 1.29 is 15.0 Å². The number of hydrogen-bond donors (Lipinski definition) is 4. The van der Waals surface area contributed by atoms with E-state index in [0.29, 0.717) is 11.8 Å². The second-order valence-electron chi connectivity index (χ2n) is 5.47. The third-order valence-corrected chi connectivity index (χ3v) is 4.21. The van der Waals surface area contributed by atoms with Gasteiger partial charge >= 0.3 is 5.97 Å². The van der Waals surface area contributed by atoms with Crippen LogP contribution in [-0.2, 0) is 4.79 Å². The van der Waals surface area contributed by atoms with Crippen LogP contribution < -0.4 is 10.6 Å². The van der Waals surface area contributed by atoms with Crippen LogP contribution in [0.5, 0.6) is 0 Å². The summed E-state index contributed by atoms with van der Waals surface area (Å²) in [4.78, 5) is 10.8. The lowest BCUT2D eigenvalue weighted by atomic mass is 9.87. The molecule has 0 bridgehead atoms. The van der Waals surface area contributed by atoms with E-state index in [1.807, 2.05) is 0 Å². The van der Waals surface area contributed by atoms with Gasteiger partial charge in [0.2, 0.25) is 0 Å². The first-order chi connectivity index (χ1) is 8.15. The second kappa shape index (κ2) is 5.33. The maximum absolute atomic E-state index is 10.8. The second-order valence-corrected chi connectivity index (χ2v) is 5.47. The highest BCUT2D eigenvalue weighted by Gasteiger charge is 2.39. The van der Waals surface area contributed by atoms with E-state index < -0.39 is 5.97 Å². The Morgan fingerprint density at radius 2 is 2.06 bits per heavy atom. The van der Waals surface area contributed by atoms with E-state index in [-0.39, 0.29) is 18.6 Å². The number of carboxylic acid groups (broad SMARTS) is 1. The maximum Gasteiger partial charge on any atom is 0.305 e. The molecule has 0 aromatic heterocycles. The molecule has 1 saturated heterocycles. The van der Waals surface area contributed by atoms with Crippen LogP contribution in [0.3, 0.4) is 0 Å². The Balaban J connectivity index is 1.81. The van der Waals surface area contributed by atoms with Gasteiger partial charge in [-0.1, -0.05) is 6.42 Å². The highest BCUT2D eigenvalue weighted by Crippen LogP contribution is 2.31. The van der Waals surface area contributed by atoms with Crippen molar-refractivity contribution in [3.63, 3.8) is 0 Å². The van der Waals surface area contributed by atoms with Crippen LogP contribution in [-0.4, -0.2) is 48.0 Å². The van der Waals surface area contributed by atoms with E-state index in [1.54, 1.807) is 0 Å². The van der Waals surface area contributed by atoms with Crippen molar-refractivity contribution in [2.24, 2.45) is 11.8 Å². The number of aliphatic carboxylic acids is 1. The lowest BCUT2D eigenvalue weighted by molar-refractivity contribution is -0.139. The summed E-state index contributed by atoms with van der Waals surface area (Å²) in [6.07, 6.45) is 3.61. The topological polar surface area (TPSA) is 81.6 Å². The predicted molar refractivity (Wildman–Crippen MR) is 63.8 cm³/mol. The SMILES string of the molecule is O=C(O)CC1(NCC2CCCC2CO)CNC1. The molecule has 17 heavy (non-hydrogen) atoms. The monoisotopic (exact) mass is 242 g/mol. The summed E-state index contributed by atoms with van der Waals surface area (Å²) in [6, 6.07) is 0. The van der Waals surface area contributed by atoms with Crippen LogP contribution in [0.4, 0.5) is 0 Å². The largest absolute Gasteiger partial charge is 0.481 e. The minimum Gasteiger partial charge on any atom is -0.481 e. The van der Waals surface area contributed by atoms with Gasteiger partial charge in [-0.3, -0.25) is 4.79 Å². The van der Waals surface area contributed by atoms with Gasteiger partial charge in [-0.25, -0.2) is 0 Å². The van der Waals surface area contributed by atoms with Gasteiger partial charge in [0.25, 0.3) is 0 Å². The molecule has 98 valence electrons. The van der Waals surface area contributed by atoms with Crippen LogP contribution in [0.1, 0.15) is 25.7 Å². The van der Waals surface area contributed by atoms with Crippen molar-refractivity contribution in [2.75, 3.05) is 26.2 Å². The smallest absolute Gasteiger partial charge is 0.305 e. The highest BCUT2D eigenvalue weighted by molar-refractivity contribution is 5.68. The minimum absolute atomic E-state index is 0.177. The molecule has 2 unspecified atom stereocenters. The molecule has 2 rings (SSSR count). The molecule has 0 radical (unpaired) electrons. The Bertz CT molecular complexity index is 279. The van der Waals surface area contributed by atoms with E-state index in [2.05, 4.69) is 10.6 Å². The van der Waals surface area contributed by atoms with Gasteiger partial charge in [0.05, 0.1) is 12.0 Å². The van der Waals surface area contributed by atoms with Crippen molar-refractivity contribution in [3.8, 4) is 0 Å². The average molecular weight is 242 g/mol. The molecular formula is C12H22N2O3. The molecule has 1 aliphatic heterocycles. The van der Waals surface area contributed by atoms with Gasteiger partial charge in [-0.05, 0) is 31.2 Å². The third kappa shape index (κ3) is 2.97. The number of nitrogens with one attached hydrogen (secondary N) is 2. The molecule has 5 nitrogen and oxygen atoms in total. The normalized spacial score (nSPS) is 31.1. The van der Waals surface area contributed by atoms with Crippen LogP contribution in [0.25, 0.3) is 0 Å². The first-order valence-electron chi connectivity index (χ1n) is 6.44. The van der Waals surface area contributed by atoms with Gasteiger partial charge in [0, 0.05) is 19.7 Å². The van der Waals surface area contributed by atoms with Crippen LogP contribution in [0.15, 0.2) is 0 Å². The fourth-order valence-electron chi connectivity index (χ4n) is 3.00. The van der Waals surface area contributed by atoms with Crippen LogP contribution >= 0.6 is 0 Å². The number of aliphatic hydroxyl groups is 1. The van der Waals surface area contributed by atoms with Crippen LogP contribution in [0.2, 0.25) is 0 Å². The van der Waals surface area contributed by atoms with E-state index in [9.17, 15) is 9.90 Å². The highest BCUT2D eigenvalue weighted by atomic mass is 16.4. The molecule has 1 saturated carbocycles. The predicted octanol–water partition coefficient (Wildman–Crippen LogP) is -0.199. The molecule has 0 aromatic rings. The molecule has 2 aliphatic rings. The fourth-order valence-corrected chi connectivity index (χ4v) is 3.00. The summed E-state index contributed by atoms with van der Waals surface area (Å²) >= 11 is 0. The first-order valence-corrected chi connectivity index (χ1v) is 6.44. The molecule has 1 heterocycles. The van der Waals surface area contributed by atoms with Crippen LogP contribution in [0, 0.1) is 11.8 Å². The summed E-state index contributed by atoms with van der Waals surface area (Å²) in [6.45, 7) is 2.56. The molecule has 0 amide bonds. The maximum atomic E-state index is 10.8. The average Bonchev–Trinajstić information content (AvgIpc) is 2.68. The van der Waals surface area contributed by atoms with Gasteiger partial charge in [-0.15, -0.1) is 0 Å². The zero-order valence-corrected chi connectivity index (χ0v) is 10.1. The number of carbonyl (C=O) groups is 1. The van der Waals surface area contributed by atoms with Crippen molar-refractivity contribution in [1.29, 1.82) is 0 Å². The third-order valence-electron chi connectivity index (χ3n) is 4.21. The zero-order valence-electron chi connectivity index (χ0n) is 10.1. The number of hydrogen-bond acceptors (Lipinski definition) is 4. The quantitative estimate of drug-likeness (QED) is 0.519. The Morgan fingerprint density at radius 1 is 1.35 bits per heavy atom. The fraction of sp³-hybridized carbons (Fsp3) is 0.917. The first kappa shape index (κ1) is 12.8. The minimum atomic E-state index is -0.746. The number of aliphatic hydroxyl groups excluding tert-OH is 1. The van der Waals surface area contributed by atoms with E-state index >= 15 is 0 Å². The summed E-state index contributed by atoms with van der Waals surface area (Å²) < 4.78 is 0. The summed E-state index contributed by atoms with van der Waals surface area (Å²) in [5.41, 5.74) is -0.256. The van der Waals surface area contributed by atoms with E-state index in [0.717, 1.165) is 32.5 Å². The molecule has 0 spiro atoms. The molecule has 4 N–H and O–H groups in total. The lowest BCUT2D eigenvalue weighted by Gasteiger charge is -2.43. The molecular weight excluding hydrogens is 220 g/mol. The molecule has 1 aliphatic carbocycles. The number of rotatable bonds is 6. The van der Waals surface area contributed by atoms with Gasteiger partial charge in [-0.2, -0.15) is 0 Å². The summed E-state index contributed by atoms with van der Waals surface area (Å²) in [5, 5.41) is 24.7. The molecule has 0 aromatic carbocycles. The van der Waals surface area contributed by atoms with Gasteiger partial charge in [0.1, 0.15) is 0 Å². The molecule has 2 atom stereocenters. The van der Waals surface area contributed by atoms with E-state index in [1.165, 1.54) is 6.42 Å². The standard InChI is InChI=1S/C12H22N2O3/c15-6-10-3-1-2-9(10)5-14-12(4-11(16)17)7-13-8-12/h9-10,13-15H,1-8H2,(H,16,17). The molecule has 5 heteroatoms.